The first-order valence-corrected chi connectivity index (χ1v) is 10.2. The van der Waals surface area contributed by atoms with Crippen molar-refractivity contribution in [2.24, 2.45) is 0 Å². The van der Waals surface area contributed by atoms with E-state index in [4.69, 9.17) is 6.85 Å². The second-order valence-corrected chi connectivity index (χ2v) is 8.90. The molecule has 2 heterocycles. The van der Waals surface area contributed by atoms with Gasteiger partial charge in [-0.2, -0.15) is 0 Å². The van der Waals surface area contributed by atoms with Crippen molar-refractivity contribution in [3.8, 4) is 9.27 Å². The molecule has 3 aromatic carbocycles. The number of aromatic nitrogens is 2. The number of fused-ring (bicyclic) bond motifs is 3. The molecule has 132 valence electrons. The first-order chi connectivity index (χ1) is 15.1. The zero-order chi connectivity index (χ0) is 22.9. The van der Waals surface area contributed by atoms with Crippen molar-refractivity contribution in [1.29, 1.82) is 0 Å². The third-order valence-corrected chi connectivity index (χ3v) is 7.30. The van der Waals surface area contributed by atoms with Crippen LogP contribution in [0.25, 0.3) is 39.7 Å². The summed E-state index contributed by atoms with van der Waals surface area (Å²) in [7, 11) is 0. The van der Waals surface area contributed by atoms with Gasteiger partial charge in [-0.25, -0.2) is 0 Å². The third kappa shape index (κ3) is 2.72. The van der Waals surface area contributed by atoms with E-state index in [0.717, 1.165) is 0 Å². The normalized spacial score (nSPS) is 14.9. The second kappa shape index (κ2) is 6.05. The van der Waals surface area contributed by atoms with Crippen LogP contribution in [0.15, 0.2) is 66.9 Å². The van der Waals surface area contributed by atoms with E-state index in [0.29, 0.717) is 17.8 Å². The zero-order valence-electron chi connectivity index (χ0n) is 18.4. The summed E-state index contributed by atoms with van der Waals surface area (Å²) in [5, 5.41) is 0.821. The monoisotopic (exact) mass is 483 g/mol. The third-order valence-electron chi connectivity index (χ3n) is 4.29. The zero-order valence-corrected chi connectivity index (χ0v) is 15.7. The van der Waals surface area contributed by atoms with Crippen molar-refractivity contribution in [2.75, 3.05) is 0 Å². The van der Waals surface area contributed by atoms with Crippen molar-refractivity contribution in [1.82, 2.24) is 9.97 Å². The van der Waals surface area contributed by atoms with E-state index in [-0.39, 0.29) is 46.2 Å². The van der Waals surface area contributed by atoms with Crippen molar-refractivity contribution in [3.63, 3.8) is 0 Å². The van der Waals surface area contributed by atoms with Gasteiger partial charge in [0, 0.05) is 0 Å². The van der Waals surface area contributed by atoms with Gasteiger partial charge in [-0.3, -0.25) is 0 Å². The van der Waals surface area contributed by atoms with Crippen molar-refractivity contribution < 1.29 is 20.0 Å². The number of benzene rings is 3. The molecule has 0 bridgehead atoms. The Hall–Kier alpha value is -2.42. The van der Waals surface area contributed by atoms with E-state index >= 15 is 0 Å². The number of hydrogen-bond donors (Lipinski definition) is 0. The topological polar surface area (TPSA) is 25.8 Å². The average molecular weight is 481 g/mol. The molecule has 6 heteroatoms. The van der Waals surface area contributed by atoms with Crippen LogP contribution in [0.5, 0.6) is 0 Å². The fourth-order valence-electron chi connectivity index (χ4n) is 3.17. The molecule has 0 radical (unpaired) electrons. The van der Waals surface area contributed by atoms with Gasteiger partial charge in [0.1, 0.15) is 0 Å². The SMILES string of the molecule is [2H]c1nc(-c2cc3c([2H])c([2H])c([2H])c([2H])c3[te]2)c2cc3ccccc3c(C(F)(F)F)c2n1. The first kappa shape index (κ1) is 12.1. The van der Waals surface area contributed by atoms with E-state index in [1.807, 2.05) is 0 Å². The van der Waals surface area contributed by atoms with E-state index in [9.17, 15) is 13.2 Å². The Balaban J connectivity index is 1.94. The molecule has 5 aromatic rings. The molecular weight excluding hydrogens is 465 g/mol. The molecule has 0 spiro atoms. The first-order valence-electron chi connectivity index (χ1n) is 10.4. The van der Waals surface area contributed by atoms with Crippen LogP contribution in [0.3, 0.4) is 0 Å². The van der Waals surface area contributed by atoms with Gasteiger partial charge in [-0.1, -0.05) is 0 Å². The Kier molecular flexibility index (Phi) is 2.72. The Labute approximate surface area is 168 Å². The quantitative estimate of drug-likeness (QED) is 0.228. The molecule has 0 amide bonds. The van der Waals surface area contributed by atoms with E-state index in [1.54, 1.807) is 24.3 Å². The summed E-state index contributed by atoms with van der Waals surface area (Å²) in [6, 6.07) is 8.19. The Bertz CT molecular complexity index is 1540. The summed E-state index contributed by atoms with van der Waals surface area (Å²) < 4.78 is 83.4. The van der Waals surface area contributed by atoms with Crippen LogP contribution in [0.1, 0.15) is 12.4 Å². The van der Waals surface area contributed by atoms with Crippen LogP contribution in [-0.2, 0) is 6.18 Å². The number of alkyl halides is 3. The Morgan fingerprint density at radius 1 is 0.926 bits per heavy atom. The predicted molar refractivity (Wildman–Crippen MR) is 102 cm³/mol. The van der Waals surface area contributed by atoms with Crippen LogP contribution < -0.4 is 0 Å². The fraction of sp³-hybridized carbons (Fsp3) is 0.0476. The molecule has 0 aliphatic carbocycles. The van der Waals surface area contributed by atoms with Crippen LogP contribution in [0.2, 0.25) is 0 Å². The van der Waals surface area contributed by atoms with Gasteiger partial charge in [-0.15, -0.1) is 0 Å². The minimum absolute atomic E-state index is 0.0173. The number of halogens is 3. The van der Waals surface area contributed by atoms with Crippen molar-refractivity contribution >= 4 is 50.9 Å². The number of rotatable bonds is 1. The number of nitrogens with zero attached hydrogens (tertiary/aromatic N) is 2. The average Bonchev–Trinajstić information content (AvgIpc) is 3.19. The van der Waals surface area contributed by atoms with Crippen LogP contribution in [-0.4, -0.2) is 30.4 Å². The molecule has 0 aliphatic heterocycles. The van der Waals surface area contributed by atoms with E-state index < -0.39 is 38.5 Å². The molecule has 0 saturated carbocycles. The van der Waals surface area contributed by atoms with Gasteiger partial charge in [0.2, 0.25) is 0 Å². The summed E-state index contributed by atoms with van der Waals surface area (Å²) in [4.78, 5) is 7.96. The van der Waals surface area contributed by atoms with Gasteiger partial charge in [-0.05, 0) is 0 Å². The molecule has 2 nitrogen and oxygen atoms in total. The Morgan fingerprint density at radius 3 is 2.59 bits per heavy atom. The van der Waals surface area contributed by atoms with E-state index in [1.165, 1.54) is 12.1 Å². The summed E-state index contributed by atoms with van der Waals surface area (Å²) in [5.74, 6) is 0. The predicted octanol–water partition coefficient (Wildman–Crippen LogP) is 5.68. The minimum atomic E-state index is -4.70. The van der Waals surface area contributed by atoms with Crippen LogP contribution >= 0.6 is 0 Å². The van der Waals surface area contributed by atoms with Gasteiger partial charge in [0.25, 0.3) is 0 Å². The maximum absolute atomic E-state index is 14.1. The summed E-state index contributed by atoms with van der Waals surface area (Å²) in [6.45, 7) is 0. The van der Waals surface area contributed by atoms with E-state index in [2.05, 4.69) is 9.97 Å². The van der Waals surface area contributed by atoms with Crippen molar-refractivity contribution in [3.05, 3.63) is 72.4 Å². The summed E-state index contributed by atoms with van der Waals surface area (Å²) in [5.41, 5.74) is -1.12. The second-order valence-electron chi connectivity index (χ2n) is 5.89. The summed E-state index contributed by atoms with van der Waals surface area (Å²) in [6.07, 6.45) is -5.26. The molecule has 0 aliphatic rings. The Morgan fingerprint density at radius 2 is 1.74 bits per heavy atom. The molecule has 27 heavy (non-hydrogen) atoms. The molecule has 0 fully saturated rings. The van der Waals surface area contributed by atoms with Crippen LogP contribution in [0, 0.1) is 0 Å². The van der Waals surface area contributed by atoms with Gasteiger partial charge in [0.15, 0.2) is 0 Å². The maximum atomic E-state index is 14.1. The molecule has 5 rings (SSSR count). The molecule has 0 saturated heterocycles. The number of hydrogen-bond acceptors (Lipinski definition) is 2. The standard InChI is InChI=1S/C21H11F3N2Te/c22-21(23,24)18-14-7-3-1-5-12(14)9-15-19(25-11-26-20(15)18)17-10-13-6-2-4-8-16(13)27-17/h1-11H/i2D,4D,6D,8D,11D. The van der Waals surface area contributed by atoms with Gasteiger partial charge < -0.3 is 0 Å². The fourth-order valence-corrected chi connectivity index (χ4v) is 5.94. The van der Waals surface area contributed by atoms with Gasteiger partial charge >= 0.3 is 169 Å². The van der Waals surface area contributed by atoms with Crippen molar-refractivity contribution in [2.45, 2.75) is 6.18 Å². The molecule has 0 N–H and O–H groups in total. The molecule has 0 atom stereocenters. The molecule has 2 aromatic heterocycles. The molecule has 0 unspecified atom stereocenters. The van der Waals surface area contributed by atoms with Crippen LogP contribution in [0.4, 0.5) is 13.2 Å². The van der Waals surface area contributed by atoms with Gasteiger partial charge in [0.05, 0.1) is 0 Å². The molecular formula is C21H11F3N2Te. The summed E-state index contributed by atoms with van der Waals surface area (Å²) >= 11 is -1.39.